The first-order chi connectivity index (χ1) is 8.11. The molecule has 1 heterocycles. The van der Waals surface area contributed by atoms with Crippen LogP contribution >= 0.6 is 0 Å². The molecule has 0 amide bonds. The van der Waals surface area contributed by atoms with Crippen molar-refractivity contribution in [1.29, 1.82) is 0 Å². The molecule has 0 N–H and O–H groups in total. The minimum atomic E-state index is -0.829. The van der Waals surface area contributed by atoms with Crippen LogP contribution in [-0.4, -0.2) is 12.4 Å². The molecular weight excluding hydrogens is 226 g/mol. The molecule has 1 aliphatic heterocycles. The van der Waals surface area contributed by atoms with Gasteiger partial charge in [-0.15, -0.1) is 0 Å². The molecule has 4 heteroatoms. The summed E-state index contributed by atoms with van der Waals surface area (Å²) in [4.78, 5) is 12.0. The van der Waals surface area contributed by atoms with Crippen LogP contribution in [0.1, 0.15) is 28.8 Å². The fourth-order valence-electron chi connectivity index (χ4n) is 1.76. The number of hydrogen-bond donors (Lipinski definition) is 0. The van der Waals surface area contributed by atoms with Crippen LogP contribution in [0.4, 0.5) is 8.78 Å². The Balaban J connectivity index is 2.43. The first-order valence-electron chi connectivity index (χ1n) is 5.41. The van der Waals surface area contributed by atoms with Crippen LogP contribution in [0, 0.1) is 18.6 Å². The van der Waals surface area contributed by atoms with E-state index >= 15 is 0 Å². The summed E-state index contributed by atoms with van der Waals surface area (Å²) in [5.41, 5.74) is 0.0912. The number of ketones is 1. The Morgan fingerprint density at radius 2 is 2.12 bits per heavy atom. The van der Waals surface area contributed by atoms with E-state index in [1.165, 1.54) is 19.3 Å². The maximum atomic E-state index is 13.7. The Hall–Kier alpha value is -1.71. The summed E-state index contributed by atoms with van der Waals surface area (Å²) >= 11 is 0. The van der Waals surface area contributed by atoms with Gasteiger partial charge in [0.25, 0.3) is 0 Å². The van der Waals surface area contributed by atoms with Crippen molar-refractivity contribution in [2.75, 3.05) is 6.61 Å². The van der Waals surface area contributed by atoms with Gasteiger partial charge in [-0.2, -0.15) is 0 Å². The van der Waals surface area contributed by atoms with Crippen molar-refractivity contribution in [2.24, 2.45) is 0 Å². The largest absolute Gasteiger partial charge is 0.501 e. The molecule has 1 aliphatic rings. The number of halogens is 2. The highest BCUT2D eigenvalue weighted by atomic mass is 19.1. The predicted molar refractivity (Wildman–Crippen MR) is 58.7 cm³/mol. The highest BCUT2D eigenvalue weighted by molar-refractivity contribution is 6.09. The van der Waals surface area contributed by atoms with Gasteiger partial charge in [0.2, 0.25) is 0 Å². The van der Waals surface area contributed by atoms with Gasteiger partial charge in [-0.3, -0.25) is 4.79 Å². The summed E-state index contributed by atoms with van der Waals surface area (Å²) in [7, 11) is 0. The van der Waals surface area contributed by atoms with Crippen LogP contribution in [0.3, 0.4) is 0 Å². The third-order valence-corrected chi connectivity index (χ3v) is 2.74. The molecule has 0 saturated heterocycles. The van der Waals surface area contributed by atoms with Crippen LogP contribution < -0.4 is 0 Å². The molecule has 2 nitrogen and oxygen atoms in total. The second-order valence-corrected chi connectivity index (χ2v) is 4.00. The molecule has 1 aromatic rings. The molecule has 90 valence electrons. The van der Waals surface area contributed by atoms with Crippen LogP contribution in [0.5, 0.6) is 0 Å². The number of carbonyl (C=O) groups is 1. The van der Waals surface area contributed by atoms with Crippen LogP contribution in [0.2, 0.25) is 0 Å². The first kappa shape index (κ1) is 11.8. The van der Waals surface area contributed by atoms with Gasteiger partial charge in [-0.1, -0.05) is 6.07 Å². The summed E-state index contributed by atoms with van der Waals surface area (Å²) in [6, 6.07) is 2.42. The zero-order valence-electron chi connectivity index (χ0n) is 9.43. The fraction of sp³-hybridized carbons (Fsp3) is 0.308. The number of Topliss-reactive ketones (excluding diaryl/α,β-unsaturated/α-hetero) is 1. The fourth-order valence-corrected chi connectivity index (χ4v) is 1.76. The van der Waals surface area contributed by atoms with Crippen molar-refractivity contribution >= 4 is 5.78 Å². The van der Waals surface area contributed by atoms with E-state index in [4.69, 9.17) is 4.74 Å². The van der Waals surface area contributed by atoms with Crippen molar-refractivity contribution in [3.8, 4) is 0 Å². The summed E-state index contributed by atoms with van der Waals surface area (Å²) in [5, 5.41) is 0. The molecule has 17 heavy (non-hydrogen) atoms. The summed E-state index contributed by atoms with van der Waals surface area (Å²) in [6.07, 6.45) is 2.48. The van der Waals surface area contributed by atoms with Gasteiger partial charge >= 0.3 is 0 Å². The molecule has 0 radical (unpaired) electrons. The van der Waals surface area contributed by atoms with Crippen LogP contribution in [0.15, 0.2) is 24.0 Å². The smallest absolute Gasteiger partial charge is 0.197 e. The maximum Gasteiger partial charge on any atom is 0.197 e. The van der Waals surface area contributed by atoms with Crippen molar-refractivity contribution in [2.45, 2.75) is 19.8 Å². The molecule has 2 rings (SSSR count). The lowest BCUT2D eigenvalue weighted by Gasteiger charge is -2.13. The predicted octanol–water partition coefficient (Wildman–Crippen LogP) is 3.15. The quantitative estimate of drug-likeness (QED) is 0.740. The molecule has 0 saturated carbocycles. The minimum Gasteiger partial charge on any atom is -0.501 e. The lowest BCUT2D eigenvalue weighted by molar-refractivity contribution is 0.100. The summed E-state index contributed by atoms with van der Waals surface area (Å²) in [5.74, 6) is -2.24. The molecule has 0 atom stereocenters. The summed E-state index contributed by atoms with van der Waals surface area (Å²) < 4.78 is 32.3. The standard InChI is InChI=1S/C13H12F2O2/c1-8-4-5-10(14)11(12(8)15)13(16)9-3-2-6-17-7-9/h4-5,7H,2-3,6H2,1H3. The molecule has 0 bridgehead atoms. The SMILES string of the molecule is Cc1ccc(F)c(C(=O)C2=COCCC2)c1F. The number of aryl methyl sites for hydroxylation is 1. The van der Waals surface area contributed by atoms with Crippen molar-refractivity contribution < 1.29 is 18.3 Å². The van der Waals surface area contributed by atoms with Crippen molar-refractivity contribution in [3.63, 3.8) is 0 Å². The van der Waals surface area contributed by atoms with E-state index in [0.717, 1.165) is 6.07 Å². The number of allylic oxidation sites excluding steroid dienone is 1. The van der Waals surface area contributed by atoms with E-state index in [1.807, 2.05) is 0 Å². The van der Waals surface area contributed by atoms with E-state index in [1.54, 1.807) is 0 Å². The normalized spacial score (nSPS) is 15.1. The minimum absolute atomic E-state index is 0.257. The van der Waals surface area contributed by atoms with E-state index in [9.17, 15) is 13.6 Å². The lowest BCUT2D eigenvalue weighted by Crippen LogP contribution is -2.13. The molecule has 0 aliphatic carbocycles. The Morgan fingerprint density at radius 1 is 1.35 bits per heavy atom. The first-order valence-corrected chi connectivity index (χ1v) is 5.41. The average Bonchev–Trinajstić information content (AvgIpc) is 2.35. The zero-order valence-corrected chi connectivity index (χ0v) is 9.43. The molecular formula is C13H12F2O2. The molecule has 1 aromatic carbocycles. The van der Waals surface area contributed by atoms with Gasteiger partial charge in [0.1, 0.15) is 11.6 Å². The van der Waals surface area contributed by atoms with Crippen LogP contribution in [-0.2, 0) is 4.74 Å². The van der Waals surface area contributed by atoms with E-state index in [-0.39, 0.29) is 5.56 Å². The number of hydrogen-bond acceptors (Lipinski definition) is 2. The monoisotopic (exact) mass is 238 g/mol. The van der Waals surface area contributed by atoms with E-state index in [2.05, 4.69) is 0 Å². The zero-order chi connectivity index (χ0) is 12.4. The van der Waals surface area contributed by atoms with Crippen molar-refractivity contribution in [3.05, 3.63) is 46.7 Å². The lowest BCUT2D eigenvalue weighted by atomic mass is 9.97. The van der Waals surface area contributed by atoms with Gasteiger partial charge < -0.3 is 4.74 Å². The average molecular weight is 238 g/mol. The van der Waals surface area contributed by atoms with Gasteiger partial charge in [0.05, 0.1) is 18.4 Å². The number of rotatable bonds is 2. The van der Waals surface area contributed by atoms with Gasteiger partial charge in [-0.25, -0.2) is 8.78 Å². The maximum absolute atomic E-state index is 13.7. The third kappa shape index (κ3) is 2.20. The second kappa shape index (κ2) is 4.65. The Labute approximate surface area is 97.9 Å². The van der Waals surface area contributed by atoms with E-state index in [0.29, 0.717) is 25.0 Å². The van der Waals surface area contributed by atoms with Crippen LogP contribution in [0.25, 0.3) is 0 Å². The number of carbonyl (C=O) groups excluding carboxylic acids is 1. The molecule has 0 spiro atoms. The Morgan fingerprint density at radius 3 is 2.76 bits per heavy atom. The Kier molecular flexibility index (Phi) is 3.22. The van der Waals surface area contributed by atoms with Gasteiger partial charge in [0, 0.05) is 5.57 Å². The number of benzene rings is 1. The van der Waals surface area contributed by atoms with E-state index < -0.39 is 23.0 Å². The molecule has 0 aromatic heterocycles. The number of ether oxygens (including phenoxy) is 1. The topological polar surface area (TPSA) is 26.3 Å². The van der Waals surface area contributed by atoms with Gasteiger partial charge in [0.15, 0.2) is 5.78 Å². The third-order valence-electron chi connectivity index (χ3n) is 2.74. The Bertz CT molecular complexity index is 492. The highest BCUT2D eigenvalue weighted by Gasteiger charge is 2.23. The highest BCUT2D eigenvalue weighted by Crippen LogP contribution is 2.23. The molecule has 0 fully saturated rings. The van der Waals surface area contributed by atoms with Crippen molar-refractivity contribution in [1.82, 2.24) is 0 Å². The van der Waals surface area contributed by atoms with Gasteiger partial charge in [-0.05, 0) is 31.4 Å². The second-order valence-electron chi connectivity index (χ2n) is 4.00. The molecule has 0 unspecified atom stereocenters. The summed E-state index contributed by atoms with van der Waals surface area (Å²) in [6.45, 7) is 2.03.